The molecule has 0 radical (unpaired) electrons. The van der Waals surface area contributed by atoms with Gasteiger partial charge < -0.3 is 20.8 Å². The highest BCUT2D eigenvalue weighted by Crippen LogP contribution is 2.05. The summed E-state index contributed by atoms with van der Waals surface area (Å²) in [6, 6.07) is -0.689. The number of hydrogen-bond acceptors (Lipinski definition) is 4. The fraction of sp³-hybridized carbons (Fsp3) is 0.600. The molecule has 102 valence electrons. The van der Waals surface area contributed by atoms with Crippen LogP contribution in [0.1, 0.15) is 20.3 Å². The van der Waals surface area contributed by atoms with Crippen molar-refractivity contribution >= 4 is 23.8 Å². The Kier molecular flexibility index (Phi) is 6.40. The Hall–Kier alpha value is -2.12. The molecule has 8 nitrogen and oxygen atoms in total. The fourth-order valence-corrected chi connectivity index (χ4v) is 1.11. The van der Waals surface area contributed by atoms with Crippen molar-refractivity contribution in [3.8, 4) is 0 Å². The summed E-state index contributed by atoms with van der Waals surface area (Å²) in [4.78, 5) is 43.2. The second-order valence-electron chi connectivity index (χ2n) is 4.00. The first-order valence-electron chi connectivity index (χ1n) is 5.26. The van der Waals surface area contributed by atoms with Crippen LogP contribution >= 0.6 is 0 Å². The second kappa shape index (κ2) is 7.25. The number of carbonyl (C=O) groups is 4. The van der Waals surface area contributed by atoms with Gasteiger partial charge in [0.05, 0.1) is 6.42 Å². The molecular formula is C10H16N2O6. The van der Waals surface area contributed by atoms with E-state index in [1.165, 1.54) is 0 Å². The van der Waals surface area contributed by atoms with Crippen molar-refractivity contribution < 1.29 is 29.4 Å². The zero-order valence-corrected chi connectivity index (χ0v) is 10.1. The number of carboxylic acids is 2. The van der Waals surface area contributed by atoms with E-state index in [9.17, 15) is 19.2 Å². The van der Waals surface area contributed by atoms with Gasteiger partial charge in [-0.05, 0) is 5.92 Å². The molecule has 0 aliphatic rings. The first kappa shape index (κ1) is 15.9. The molecule has 0 saturated heterocycles. The highest BCUT2D eigenvalue weighted by atomic mass is 16.4. The van der Waals surface area contributed by atoms with Gasteiger partial charge in [0.15, 0.2) is 0 Å². The minimum absolute atomic E-state index is 0.169. The first-order chi connectivity index (χ1) is 8.23. The summed E-state index contributed by atoms with van der Waals surface area (Å²) in [5, 5.41) is 21.1. The summed E-state index contributed by atoms with van der Waals surface area (Å²) in [6.07, 6.45) is -0.310. The van der Waals surface area contributed by atoms with Gasteiger partial charge in [0, 0.05) is 6.04 Å². The Labute approximate surface area is 103 Å². The molecular weight excluding hydrogens is 244 g/mol. The third-order valence-electron chi connectivity index (χ3n) is 2.12. The maximum Gasteiger partial charge on any atom is 0.322 e. The summed E-state index contributed by atoms with van der Waals surface area (Å²) in [5.74, 6) is -4.69. The van der Waals surface area contributed by atoms with Crippen LogP contribution in [0.5, 0.6) is 0 Å². The number of carboxylic acid groups (broad SMARTS) is 2. The number of carbonyl (C=O) groups excluding carboxylic acids is 2. The Morgan fingerprint density at radius 3 is 1.94 bits per heavy atom. The number of rotatable bonds is 6. The van der Waals surface area contributed by atoms with E-state index >= 15 is 0 Å². The molecule has 0 bridgehead atoms. The molecule has 18 heavy (non-hydrogen) atoms. The second-order valence-corrected chi connectivity index (χ2v) is 4.00. The van der Waals surface area contributed by atoms with Gasteiger partial charge in [-0.2, -0.15) is 0 Å². The maximum atomic E-state index is 11.3. The minimum Gasteiger partial charge on any atom is -0.481 e. The molecule has 1 unspecified atom stereocenters. The Morgan fingerprint density at radius 2 is 1.56 bits per heavy atom. The van der Waals surface area contributed by atoms with Gasteiger partial charge in [0.25, 0.3) is 0 Å². The molecule has 2 amide bonds. The minimum atomic E-state index is -1.28. The Morgan fingerprint density at radius 1 is 1.00 bits per heavy atom. The van der Waals surface area contributed by atoms with Crippen LogP contribution in [0.15, 0.2) is 0 Å². The average molecular weight is 260 g/mol. The van der Waals surface area contributed by atoms with Crippen molar-refractivity contribution in [2.45, 2.75) is 26.3 Å². The third-order valence-corrected chi connectivity index (χ3v) is 2.12. The molecule has 0 aliphatic heterocycles. The monoisotopic (exact) mass is 260 g/mol. The zero-order chi connectivity index (χ0) is 14.3. The maximum absolute atomic E-state index is 11.3. The molecule has 8 heteroatoms. The smallest absolute Gasteiger partial charge is 0.322 e. The normalized spacial score (nSPS) is 11.7. The van der Waals surface area contributed by atoms with Crippen LogP contribution in [0, 0.1) is 5.92 Å². The molecule has 1 atom stereocenters. The lowest BCUT2D eigenvalue weighted by atomic mass is 10.0. The van der Waals surface area contributed by atoms with E-state index in [4.69, 9.17) is 10.2 Å². The molecule has 0 aromatic heterocycles. The van der Waals surface area contributed by atoms with Gasteiger partial charge in [-0.15, -0.1) is 0 Å². The van der Waals surface area contributed by atoms with E-state index < -0.39 is 36.3 Å². The summed E-state index contributed by atoms with van der Waals surface area (Å²) >= 11 is 0. The molecule has 0 fully saturated rings. The van der Waals surface area contributed by atoms with Crippen LogP contribution in [-0.4, -0.2) is 46.6 Å². The first-order valence-corrected chi connectivity index (χ1v) is 5.26. The van der Waals surface area contributed by atoms with Crippen LogP contribution in [0.4, 0.5) is 0 Å². The highest BCUT2D eigenvalue weighted by Gasteiger charge is 2.23. The molecule has 4 N–H and O–H groups in total. The predicted molar refractivity (Wildman–Crippen MR) is 59.7 cm³/mol. The zero-order valence-electron chi connectivity index (χ0n) is 10.1. The topological polar surface area (TPSA) is 133 Å². The predicted octanol–water partition coefficient (Wildman–Crippen LogP) is -1.20. The van der Waals surface area contributed by atoms with Crippen LogP contribution in [0.2, 0.25) is 0 Å². The lowest BCUT2D eigenvalue weighted by Gasteiger charge is -2.19. The third kappa shape index (κ3) is 6.46. The van der Waals surface area contributed by atoms with E-state index in [0.717, 1.165) is 0 Å². The Bertz CT molecular complexity index is 352. The lowest BCUT2D eigenvalue weighted by Crippen LogP contribution is -2.48. The van der Waals surface area contributed by atoms with Gasteiger partial charge in [-0.25, -0.2) is 0 Å². The average Bonchev–Trinajstić information content (AvgIpc) is 2.23. The van der Waals surface area contributed by atoms with E-state index in [-0.39, 0.29) is 12.3 Å². The van der Waals surface area contributed by atoms with Crippen molar-refractivity contribution in [3.63, 3.8) is 0 Å². The molecule has 0 heterocycles. The SMILES string of the molecule is CC(C)C(CC(=O)O)NC(=O)C(=O)NCC(=O)O. The summed E-state index contributed by atoms with van der Waals surface area (Å²) in [6.45, 7) is 2.73. The van der Waals surface area contributed by atoms with Crippen molar-refractivity contribution in [3.05, 3.63) is 0 Å². The summed E-state index contributed by atoms with van der Waals surface area (Å²) < 4.78 is 0. The molecule has 0 aliphatic carbocycles. The van der Waals surface area contributed by atoms with Crippen molar-refractivity contribution in [2.24, 2.45) is 5.92 Å². The largest absolute Gasteiger partial charge is 0.481 e. The van der Waals surface area contributed by atoms with Gasteiger partial charge >= 0.3 is 23.8 Å². The molecule has 0 saturated carbocycles. The van der Waals surface area contributed by atoms with E-state index in [1.807, 2.05) is 5.32 Å². The van der Waals surface area contributed by atoms with Crippen molar-refractivity contribution in [2.75, 3.05) is 6.54 Å². The number of amides is 2. The number of hydrogen-bond donors (Lipinski definition) is 4. The van der Waals surface area contributed by atoms with Gasteiger partial charge in [-0.1, -0.05) is 13.8 Å². The van der Waals surface area contributed by atoms with Crippen LogP contribution in [0.3, 0.4) is 0 Å². The quantitative estimate of drug-likeness (QED) is 0.443. The van der Waals surface area contributed by atoms with Gasteiger partial charge in [-0.3, -0.25) is 19.2 Å². The molecule has 0 aromatic carbocycles. The van der Waals surface area contributed by atoms with Crippen molar-refractivity contribution in [1.29, 1.82) is 0 Å². The van der Waals surface area contributed by atoms with E-state index in [2.05, 4.69) is 5.32 Å². The highest BCUT2D eigenvalue weighted by molar-refractivity contribution is 6.35. The van der Waals surface area contributed by atoms with Crippen LogP contribution in [0.25, 0.3) is 0 Å². The standard InChI is InChI=1S/C10H16N2O6/c1-5(2)6(3-7(13)14)12-10(18)9(17)11-4-8(15)16/h5-6H,3-4H2,1-2H3,(H,11,17)(H,12,18)(H,13,14)(H,15,16). The van der Waals surface area contributed by atoms with E-state index in [0.29, 0.717) is 0 Å². The van der Waals surface area contributed by atoms with Gasteiger partial charge in [0.1, 0.15) is 6.54 Å². The number of nitrogens with one attached hydrogen (secondary N) is 2. The lowest BCUT2D eigenvalue weighted by molar-refractivity contribution is -0.143. The Balaban J connectivity index is 4.36. The molecule has 0 spiro atoms. The number of aliphatic carboxylic acids is 2. The molecule has 0 aromatic rings. The summed E-state index contributed by atoms with van der Waals surface area (Å²) in [5.41, 5.74) is 0. The van der Waals surface area contributed by atoms with E-state index in [1.54, 1.807) is 13.8 Å². The van der Waals surface area contributed by atoms with Crippen molar-refractivity contribution in [1.82, 2.24) is 10.6 Å². The summed E-state index contributed by atoms with van der Waals surface area (Å²) in [7, 11) is 0. The molecule has 0 rings (SSSR count). The van der Waals surface area contributed by atoms with Crippen LogP contribution in [-0.2, 0) is 19.2 Å². The fourth-order valence-electron chi connectivity index (χ4n) is 1.11. The van der Waals surface area contributed by atoms with Crippen LogP contribution < -0.4 is 10.6 Å². The van der Waals surface area contributed by atoms with Gasteiger partial charge in [0.2, 0.25) is 0 Å².